The van der Waals surface area contributed by atoms with Gasteiger partial charge in [-0.2, -0.15) is 11.8 Å². The number of amides is 1. The molecule has 20 heavy (non-hydrogen) atoms. The summed E-state index contributed by atoms with van der Waals surface area (Å²) in [6.07, 6.45) is 2.20. The minimum atomic E-state index is -0.102. The Labute approximate surface area is 128 Å². The van der Waals surface area contributed by atoms with Crippen LogP contribution in [0.15, 0.2) is 0 Å². The van der Waals surface area contributed by atoms with E-state index in [1.54, 1.807) is 0 Å². The molecule has 7 heteroatoms. The van der Waals surface area contributed by atoms with E-state index in [9.17, 15) is 4.79 Å². The molecule has 1 aromatic heterocycles. The van der Waals surface area contributed by atoms with Crippen molar-refractivity contribution in [2.75, 3.05) is 22.6 Å². The third-order valence-corrected chi connectivity index (χ3v) is 5.04. The normalized spacial score (nSPS) is 19.6. The van der Waals surface area contributed by atoms with E-state index in [0.29, 0.717) is 15.8 Å². The van der Waals surface area contributed by atoms with Crippen molar-refractivity contribution in [1.29, 1.82) is 0 Å². The van der Waals surface area contributed by atoms with Crippen molar-refractivity contribution >= 4 is 40.0 Å². The molecule has 1 aliphatic heterocycles. The van der Waals surface area contributed by atoms with Gasteiger partial charge in [0.25, 0.3) is 5.91 Å². The van der Waals surface area contributed by atoms with E-state index in [-0.39, 0.29) is 17.5 Å². The Kier molecular flexibility index (Phi) is 4.80. The fourth-order valence-electron chi connectivity index (χ4n) is 1.97. The molecule has 0 saturated carbocycles. The molecule has 1 fully saturated rings. The Hall–Kier alpha value is -0.950. The molecule has 5 nitrogen and oxygen atoms in total. The fourth-order valence-corrected chi connectivity index (χ4v) is 4.04. The largest absolute Gasteiger partial charge is 0.382 e. The van der Waals surface area contributed by atoms with Crippen LogP contribution < -0.4 is 16.4 Å². The molecule has 2 rings (SSSR count). The van der Waals surface area contributed by atoms with Crippen molar-refractivity contribution in [2.24, 2.45) is 0 Å². The maximum absolute atomic E-state index is 12.3. The third kappa shape index (κ3) is 4.28. The number of nitrogens with two attached hydrogens (primary N) is 1. The first-order valence-electron chi connectivity index (χ1n) is 6.78. The standard InChI is InChI=1S/C13H22N4OS2/c1-13(2,3)17-12-16-10(14)9(20-12)11(18)15-8-5-4-6-19-7-8/h8H,4-7,14H2,1-3H3,(H,15,18)(H,16,17). The van der Waals surface area contributed by atoms with E-state index >= 15 is 0 Å². The maximum atomic E-state index is 12.3. The highest BCUT2D eigenvalue weighted by atomic mass is 32.2. The van der Waals surface area contributed by atoms with Crippen molar-refractivity contribution in [1.82, 2.24) is 10.3 Å². The number of thioether (sulfide) groups is 1. The van der Waals surface area contributed by atoms with Crippen LogP contribution in [0.25, 0.3) is 0 Å². The van der Waals surface area contributed by atoms with Crippen molar-refractivity contribution in [3.8, 4) is 0 Å². The van der Waals surface area contributed by atoms with Crippen molar-refractivity contribution in [2.45, 2.75) is 45.2 Å². The molecule has 0 aliphatic carbocycles. The van der Waals surface area contributed by atoms with E-state index in [4.69, 9.17) is 5.73 Å². The minimum Gasteiger partial charge on any atom is -0.382 e. The van der Waals surface area contributed by atoms with Crippen molar-refractivity contribution in [3.63, 3.8) is 0 Å². The number of nitrogens with one attached hydrogen (secondary N) is 2. The Balaban J connectivity index is 2.02. The van der Waals surface area contributed by atoms with Gasteiger partial charge in [0.2, 0.25) is 0 Å². The van der Waals surface area contributed by atoms with Gasteiger partial charge in [-0.05, 0) is 39.4 Å². The van der Waals surface area contributed by atoms with Crippen LogP contribution in [0.5, 0.6) is 0 Å². The predicted molar refractivity (Wildman–Crippen MR) is 87.7 cm³/mol. The summed E-state index contributed by atoms with van der Waals surface area (Å²) < 4.78 is 0. The van der Waals surface area contributed by atoms with Gasteiger partial charge in [-0.25, -0.2) is 4.98 Å². The highest BCUT2D eigenvalue weighted by molar-refractivity contribution is 7.99. The first kappa shape index (κ1) is 15.4. The molecule has 1 saturated heterocycles. The molecular weight excluding hydrogens is 292 g/mol. The zero-order chi connectivity index (χ0) is 14.8. The topological polar surface area (TPSA) is 80.0 Å². The van der Waals surface area contributed by atoms with Crippen LogP contribution in [0.3, 0.4) is 0 Å². The third-order valence-electron chi connectivity index (χ3n) is 2.84. The minimum absolute atomic E-state index is 0.0992. The molecule has 112 valence electrons. The summed E-state index contributed by atoms with van der Waals surface area (Å²) in [5.41, 5.74) is 5.76. The zero-order valence-corrected chi connectivity index (χ0v) is 13.8. The molecule has 1 atom stereocenters. The summed E-state index contributed by atoms with van der Waals surface area (Å²) >= 11 is 3.20. The number of hydrogen-bond donors (Lipinski definition) is 3. The summed E-state index contributed by atoms with van der Waals surface area (Å²) in [7, 11) is 0. The average molecular weight is 314 g/mol. The smallest absolute Gasteiger partial charge is 0.265 e. The number of thiazole rings is 1. The molecule has 0 bridgehead atoms. The summed E-state index contributed by atoms with van der Waals surface area (Å²) in [5.74, 6) is 2.38. The molecule has 2 heterocycles. The van der Waals surface area contributed by atoms with Gasteiger partial charge in [0.05, 0.1) is 0 Å². The Morgan fingerprint density at radius 3 is 2.80 bits per heavy atom. The second kappa shape index (κ2) is 6.22. The summed E-state index contributed by atoms with van der Waals surface area (Å²) in [5, 5.41) is 6.99. The predicted octanol–water partition coefficient (Wildman–Crippen LogP) is 2.56. The Morgan fingerprint density at radius 2 is 2.20 bits per heavy atom. The second-order valence-electron chi connectivity index (χ2n) is 6.00. The molecule has 0 aromatic carbocycles. The average Bonchev–Trinajstić information content (AvgIpc) is 2.69. The van der Waals surface area contributed by atoms with Crippen LogP contribution in [0.1, 0.15) is 43.3 Å². The monoisotopic (exact) mass is 314 g/mol. The highest BCUT2D eigenvalue weighted by Gasteiger charge is 2.22. The molecule has 4 N–H and O–H groups in total. The fraction of sp³-hybridized carbons (Fsp3) is 0.692. The second-order valence-corrected chi connectivity index (χ2v) is 8.14. The number of anilines is 2. The van der Waals surface area contributed by atoms with E-state index in [2.05, 4.69) is 15.6 Å². The van der Waals surface area contributed by atoms with Crippen molar-refractivity contribution < 1.29 is 4.79 Å². The van der Waals surface area contributed by atoms with Crippen LogP contribution in [0, 0.1) is 0 Å². The zero-order valence-electron chi connectivity index (χ0n) is 12.2. The van der Waals surface area contributed by atoms with Gasteiger partial charge in [-0.3, -0.25) is 4.79 Å². The molecule has 0 spiro atoms. The van der Waals surface area contributed by atoms with Gasteiger partial charge in [0, 0.05) is 17.3 Å². The molecule has 1 amide bonds. The van der Waals surface area contributed by atoms with E-state index in [1.165, 1.54) is 17.1 Å². The van der Waals surface area contributed by atoms with E-state index in [1.807, 2.05) is 32.5 Å². The molecule has 0 radical (unpaired) electrons. The Bertz CT molecular complexity index is 475. The van der Waals surface area contributed by atoms with Crippen molar-refractivity contribution in [3.05, 3.63) is 4.88 Å². The molecular formula is C13H22N4OS2. The molecule has 1 aromatic rings. The SMILES string of the molecule is CC(C)(C)Nc1nc(N)c(C(=O)NC2CCCSC2)s1. The number of aromatic nitrogens is 1. The first-order valence-corrected chi connectivity index (χ1v) is 8.75. The number of rotatable bonds is 3. The lowest BCUT2D eigenvalue weighted by molar-refractivity contribution is 0.0943. The number of carbonyl (C=O) groups is 1. The number of hydrogen-bond acceptors (Lipinski definition) is 6. The number of nitrogens with zero attached hydrogens (tertiary/aromatic N) is 1. The molecule has 1 aliphatic rings. The lowest BCUT2D eigenvalue weighted by atomic mass is 10.1. The van der Waals surface area contributed by atoms with E-state index in [0.717, 1.165) is 18.6 Å². The quantitative estimate of drug-likeness (QED) is 0.799. The first-order chi connectivity index (χ1) is 9.35. The van der Waals surface area contributed by atoms with Crippen LogP contribution in [-0.4, -0.2) is 34.0 Å². The maximum Gasteiger partial charge on any atom is 0.265 e. The summed E-state index contributed by atoms with van der Waals surface area (Å²) in [6.45, 7) is 6.14. The molecule has 1 unspecified atom stereocenters. The lowest BCUT2D eigenvalue weighted by Gasteiger charge is -2.22. The summed E-state index contributed by atoms with van der Waals surface area (Å²) in [6, 6.07) is 0.252. The van der Waals surface area contributed by atoms with Crippen LogP contribution in [0.4, 0.5) is 10.9 Å². The van der Waals surface area contributed by atoms with Crippen LogP contribution in [0.2, 0.25) is 0 Å². The summed E-state index contributed by atoms with van der Waals surface area (Å²) in [4.78, 5) is 17.0. The van der Waals surface area contributed by atoms with Crippen LogP contribution >= 0.6 is 23.1 Å². The highest BCUT2D eigenvalue weighted by Crippen LogP contribution is 2.27. The van der Waals surface area contributed by atoms with Gasteiger partial charge in [-0.15, -0.1) is 0 Å². The van der Waals surface area contributed by atoms with Gasteiger partial charge in [0.1, 0.15) is 10.7 Å². The van der Waals surface area contributed by atoms with E-state index < -0.39 is 0 Å². The van der Waals surface area contributed by atoms with Gasteiger partial charge in [-0.1, -0.05) is 11.3 Å². The van der Waals surface area contributed by atoms with Gasteiger partial charge in [0.15, 0.2) is 5.13 Å². The lowest BCUT2D eigenvalue weighted by Crippen LogP contribution is -2.38. The number of carbonyl (C=O) groups excluding carboxylic acids is 1. The van der Waals surface area contributed by atoms with Crippen LogP contribution in [-0.2, 0) is 0 Å². The Morgan fingerprint density at radius 1 is 1.45 bits per heavy atom. The van der Waals surface area contributed by atoms with Gasteiger partial charge >= 0.3 is 0 Å². The van der Waals surface area contributed by atoms with Gasteiger partial charge < -0.3 is 16.4 Å². The number of nitrogen functional groups attached to an aromatic ring is 1.